The number of hydrogen-bond donors (Lipinski definition) is 1. The van der Waals surface area contributed by atoms with Crippen LogP contribution in [0.3, 0.4) is 0 Å². The van der Waals surface area contributed by atoms with Crippen molar-refractivity contribution in [1.29, 1.82) is 0 Å². The predicted octanol–water partition coefficient (Wildman–Crippen LogP) is 2.98. The number of allylic oxidation sites excluding steroid dienone is 1. The van der Waals surface area contributed by atoms with E-state index in [1.165, 1.54) is 38.5 Å². The Morgan fingerprint density at radius 3 is 2.53 bits per heavy atom. The lowest BCUT2D eigenvalue weighted by molar-refractivity contribution is 0.00456. The summed E-state index contributed by atoms with van der Waals surface area (Å²) < 4.78 is 5.67. The van der Waals surface area contributed by atoms with Crippen molar-refractivity contribution in [2.45, 2.75) is 64.1 Å². The van der Waals surface area contributed by atoms with Crippen molar-refractivity contribution >= 4 is 0 Å². The first kappa shape index (κ1) is 16.7. The highest BCUT2D eigenvalue weighted by molar-refractivity contribution is 4.86. The van der Waals surface area contributed by atoms with Gasteiger partial charge in [0.05, 0.1) is 18.8 Å². The third kappa shape index (κ3) is 7.71. The van der Waals surface area contributed by atoms with Gasteiger partial charge in [0.1, 0.15) is 0 Å². The minimum atomic E-state index is -0.322. The van der Waals surface area contributed by atoms with Crippen LogP contribution in [0.25, 0.3) is 0 Å². The molecular weight excluding hydrogens is 238 g/mol. The number of β-amino-alcohol motifs (C(OH)–C–C–N with tert-alkyl or cyclic N) is 1. The van der Waals surface area contributed by atoms with Gasteiger partial charge in [-0.05, 0) is 19.9 Å². The second-order valence-corrected chi connectivity index (χ2v) is 5.69. The molecule has 3 heteroatoms. The molecule has 1 aliphatic heterocycles. The number of nitrogens with zero attached hydrogens (tertiary/aromatic N) is 1. The summed E-state index contributed by atoms with van der Waals surface area (Å²) in [6.07, 6.45) is 13.2. The van der Waals surface area contributed by atoms with E-state index in [1.807, 2.05) is 7.05 Å². The fourth-order valence-electron chi connectivity index (χ4n) is 2.51. The molecule has 0 aromatic rings. The van der Waals surface area contributed by atoms with Crippen molar-refractivity contribution in [1.82, 2.24) is 4.90 Å². The summed E-state index contributed by atoms with van der Waals surface area (Å²) in [5, 5.41) is 9.71. The van der Waals surface area contributed by atoms with Gasteiger partial charge in [-0.15, -0.1) is 0 Å². The lowest BCUT2D eigenvalue weighted by Crippen LogP contribution is -2.26. The lowest BCUT2D eigenvalue weighted by atomic mass is 10.1. The fraction of sp³-hybridized carbons (Fsp3) is 0.875. The van der Waals surface area contributed by atoms with E-state index < -0.39 is 0 Å². The van der Waals surface area contributed by atoms with Gasteiger partial charge in [-0.25, -0.2) is 0 Å². The molecular formula is C16H31NO2. The minimum absolute atomic E-state index is 0.0105. The largest absolute Gasteiger partial charge is 0.389 e. The Labute approximate surface area is 118 Å². The van der Waals surface area contributed by atoms with Crippen LogP contribution in [0.5, 0.6) is 0 Å². The Kier molecular flexibility index (Phi) is 9.14. The molecule has 1 fully saturated rings. The maximum atomic E-state index is 9.71. The first-order valence-corrected chi connectivity index (χ1v) is 7.87. The molecule has 0 spiro atoms. The standard InChI is InChI=1S/C16H31NO2/c1-3-4-5-6-7-8-9-10-11-12-19-16-14-17(2)13-15(16)18/h10-11,15-16,18H,3-9,12-14H2,1-2H3/b11-10-/t15-,16-/m0/s1. The number of hydrogen-bond acceptors (Lipinski definition) is 3. The van der Waals surface area contributed by atoms with Crippen molar-refractivity contribution in [2.24, 2.45) is 0 Å². The molecule has 0 saturated carbocycles. The van der Waals surface area contributed by atoms with Crippen LogP contribution < -0.4 is 0 Å². The van der Waals surface area contributed by atoms with Gasteiger partial charge in [-0.3, -0.25) is 0 Å². The second kappa shape index (κ2) is 10.4. The topological polar surface area (TPSA) is 32.7 Å². The van der Waals surface area contributed by atoms with Gasteiger partial charge in [0.15, 0.2) is 0 Å². The van der Waals surface area contributed by atoms with Crippen LogP contribution in [0.1, 0.15) is 51.9 Å². The third-order valence-corrected chi connectivity index (χ3v) is 3.72. The molecule has 0 amide bonds. The number of aliphatic hydroxyl groups is 1. The second-order valence-electron chi connectivity index (χ2n) is 5.69. The molecule has 1 saturated heterocycles. The van der Waals surface area contributed by atoms with Gasteiger partial charge in [0, 0.05) is 13.1 Å². The van der Waals surface area contributed by atoms with E-state index in [-0.39, 0.29) is 12.2 Å². The van der Waals surface area contributed by atoms with E-state index in [9.17, 15) is 5.11 Å². The molecule has 0 aromatic carbocycles. The van der Waals surface area contributed by atoms with Crippen molar-refractivity contribution in [3.05, 3.63) is 12.2 Å². The zero-order chi connectivity index (χ0) is 13.9. The monoisotopic (exact) mass is 269 g/mol. The first-order chi connectivity index (χ1) is 9.24. The summed E-state index contributed by atoms with van der Waals surface area (Å²) in [6.45, 7) is 4.45. The molecule has 19 heavy (non-hydrogen) atoms. The highest BCUT2D eigenvalue weighted by Crippen LogP contribution is 2.11. The first-order valence-electron chi connectivity index (χ1n) is 7.87. The third-order valence-electron chi connectivity index (χ3n) is 3.72. The van der Waals surface area contributed by atoms with Crippen molar-refractivity contribution in [3.63, 3.8) is 0 Å². The van der Waals surface area contributed by atoms with Gasteiger partial charge < -0.3 is 14.7 Å². The average molecular weight is 269 g/mol. The van der Waals surface area contributed by atoms with E-state index >= 15 is 0 Å². The van der Waals surface area contributed by atoms with Crippen molar-refractivity contribution < 1.29 is 9.84 Å². The van der Waals surface area contributed by atoms with Crippen molar-refractivity contribution in [2.75, 3.05) is 26.7 Å². The number of likely N-dealkylation sites (tertiary alicyclic amines) is 1. The van der Waals surface area contributed by atoms with Gasteiger partial charge in [-0.2, -0.15) is 0 Å². The van der Waals surface area contributed by atoms with Crippen LogP contribution in [0.15, 0.2) is 12.2 Å². The highest BCUT2D eigenvalue weighted by Gasteiger charge is 2.29. The number of ether oxygens (including phenoxy) is 1. The Morgan fingerprint density at radius 1 is 1.11 bits per heavy atom. The van der Waals surface area contributed by atoms with E-state index in [1.54, 1.807) is 0 Å². The fourth-order valence-corrected chi connectivity index (χ4v) is 2.51. The quantitative estimate of drug-likeness (QED) is 0.489. The zero-order valence-corrected chi connectivity index (χ0v) is 12.7. The van der Waals surface area contributed by atoms with Gasteiger partial charge in [0.2, 0.25) is 0 Å². The van der Waals surface area contributed by atoms with Crippen LogP contribution in [0.2, 0.25) is 0 Å². The number of likely N-dealkylation sites (N-methyl/N-ethyl adjacent to an activating group) is 1. The number of unbranched alkanes of at least 4 members (excludes halogenated alkanes) is 6. The molecule has 0 radical (unpaired) electrons. The smallest absolute Gasteiger partial charge is 0.0977 e. The van der Waals surface area contributed by atoms with Crippen molar-refractivity contribution in [3.8, 4) is 0 Å². The van der Waals surface area contributed by atoms with E-state index in [4.69, 9.17) is 4.74 Å². The van der Waals surface area contributed by atoms with Gasteiger partial charge >= 0.3 is 0 Å². The maximum absolute atomic E-state index is 9.71. The predicted molar refractivity (Wildman–Crippen MR) is 80.4 cm³/mol. The van der Waals surface area contributed by atoms with Crippen LogP contribution in [-0.4, -0.2) is 49.0 Å². The number of rotatable bonds is 10. The molecule has 1 aliphatic rings. The van der Waals surface area contributed by atoms with E-state index in [0.717, 1.165) is 19.5 Å². The highest BCUT2D eigenvalue weighted by atomic mass is 16.5. The zero-order valence-electron chi connectivity index (χ0n) is 12.7. The molecule has 0 unspecified atom stereocenters. The van der Waals surface area contributed by atoms with E-state index in [0.29, 0.717) is 6.61 Å². The molecule has 0 bridgehead atoms. The van der Waals surface area contributed by atoms with Crippen LogP contribution in [0.4, 0.5) is 0 Å². The summed E-state index contributed by atoms with van der Waals surface area (Å²) in [5.74, 6) is 0. The summed E-state index contributed by atoms with van der Waals surface area (Å²) in [6, 6.07) is 0. The molecule has 3 nitrogen and oxygen atoms in total. The Balaban J connectivity index is 1.90. The van der Waals surface area contributed by atoms with E-state index in [2.05, 4.69) is 24.0 Å². The summed E-state index contributed by atoms with van der Waals surface area (Å²) in [5.41, 5.74) is 0. The lowest BCUT2D eigenvalue weighted by Gasteiger charge is -2.12. The van der Waals surface area contributed by atoms with Crippen LogP contribution in [-0.2, 0) is 4.74 Å². The molecule has 1 rings (SSSR count). The van der Waals surface area contributed by atoms with Crippen LogP contribution in [0, 0.1) is 0 Å². The Morgan fingerprint density at radius 2 is 1.84 bits per heavy atom. The number of aliphatic hydroxyl groups excluding tert-OH is 1. The Bertz CT molecular complexity index is 243. The minimum Gasteiger partial charge on any atom is -0.389 e. The SMILES string of the molecule is CCCCCCCC/C=C\CO[C@H]1CN(C)C[C@@H]1O. The Hall–Kier alpha value is -0.380. The summed E-state index contributed by atoms with van der Waals surface area (Å²) in [4.78, 5) is 2.11. The van der Waals surface area contributed by atoms with Crippen LogP contribution >= 0.6 is 0 Å². The molecule has 0 aliphatic carbocycles. The molecule has 2 atom stereocenters. The normalized spacial score (nSPS) is 24.6. The molecule has 112 valence electrons. The molecule has 0 aromatic heterocycles. The van der Waals surface area contributed by atoms with Gasteiger partial charge in [-0.1, -0.05) is 51.2 Å². The van der Waals surface area contributed by atoms with Gasteiger partial charge in [0.25, 0.3) is 0 Å². The summed E-state index contributed by atoms with van der Waals surface area (Å²) >= 11 is 0. The molecule has 1 N–H and O–H groups in total. The summed E-state index contributed by atoms with van der Waals surface area (Å²) in [7, 11) is 2.01. The average Bonchev–Trinajstić information content (AvgIpc) is 2.70. The molecule has 1 heterocycles. The maximum Gasteiger partial charge on any atom is 0.0977 e.